The van der Waals surface area contributed by atoms with Gasteiger partial charge in [0.15, 0.2) is 5.82 Å². The maximum Gasteiger partial charge on any atom is 0.258 e. The lowest BCUT2D eigenvalue weighted by molar-refractivity contribution is -0.117. The van der Waals surface area contributed by atoms with Gasteiger partial charge >= 0.3 is 0 Å². The van der Waals surface area contributed by atoms with E-state index >= 15 is 0 Å². The van der Waals surface area contributed by atoms with Crippen LogP contribution in [-0.2, 0) is 4.79 Å². The van der Waals surface area contributed by atoms with E-state index in [4.69, 9.17) is 9.26 Å². The van der Waals surface area contributed by atoms with E-state index in [2.05, 4.69) is 10.1 Å². The summed E-state index contributed by atoms with van der Waals surface area (Å²) in [4.78, 5) is 18.7. The monoisotopic (exact) mass is 367 g/mol. The highest BCUT2D eigenvalue weighted by molar-refractivity contribution is 5.97. The van der Waals surface area contributed by atoms with E-state index in [1.165, 1.54) is 12.1 Å². The van der Waals surface area contributed by atoms with Crippen LogP contribution in [0.4, 0.5) is 10.1 Å². The van der Waals surface area contributed by atoms with Crippen molar-refractivity contribution in [2.45, 2.75) is 19.3 Å². The van der Waals surface area contributed by atoms with Gasteiger partial charge in [-0.2, -0.15) is 4.98 Å². The van der Waals surface area contributed by atoms with Crippen LogP contribution >= 0.6 is 0 Å². The molecule has 138 valence electrons. The minimum atomic E-state index is -0.374. The van der Waals surface area contributed by atoms with Gasteiger partial charge in [-0.1, -0.05) is 17.3 Å². The molecule has 0 spiro atoms. The van der Waals surface area contributed by atoms with Crippen molar-refractivity contribution in [1.29, 1.82) is 0 Å². The van der Waals surface area contributed by atoms with Crippen molar-refractivity contribution in [3.63, 3.8) is 0 Å². The number of amides is 1. The van der Waals surface area contributed by atoms with Crippen molar-refractivity contribution in [3.8, 4) is 17.2 Å². The average molecular weight is 367 g/mol. The summed E-state index contributed by atoms with van der Waals surface area (Å²) in [6, 6.07) is 11.7. The first-order chi connectivity index (χ1) is 13.0. The SMILES string of the molecule is COc1ccc(C)cc1N1CC(c2noc(-c3cccc(F)c3)n2)CC1=O. The number of carbonyl (C=O) groups is 1. The van der Waals surface area contributed by atoms with Crippen LogP contribution < -0.4 is 9.64 Å². The topological polar surface area (TPSA) is 68.5 Å². The maximum absolute atomic E-state index is 13.4. The third kappa shape index (κ3) is 3.28. The summed E-state index contributed by atoms with van der Waals surface area (Å²) in [6.45, 7) is 2.40. The number of methoxy groups -OCH3 is 1. The van der Waals surface area contributed by atoms with Crippen molar-refractivity contribution >= 4 is 11.6 Å². The van der Waals surface area contributed by atoms with Gasteiger partial charge in [-0.15, -0.1) is 0 Å². The molecule has 3 aromatic rings. The number of ether oxygens (including phenoxy) is 1. The Morgan fingerprint density at radius 3 is 2.89 bits per heavy atom. The Kier molecular flexibility index (Phi) is 4.35. The molecule has 0 aliphatic carbocycles. The number of aromatic nitrogens is 2. The Morgan fingerprint density at radius 1 is 1.26 bits per heavy atom. The first kappa shape index (κ1) is 17.2. The number of benzene rings is 2. The molecule has 1 amide bonds. The highest BCUT2D eigenvalue weighted by atomic mass is 19.1. The summed E-state index contributed by atoms with van der Waals surface area (Å²) in [5.74, 6) is 0.722. The molecule has 27 heavy (non-hydrogen) atoms. The number of halogens is 1. The average Bonchev–Trinajstić information content (AvgIpc) is 3.28. The molecule has 1 atom stereocenters. The highest BCUT2D eigenvalue weighted by Crippen LogP contribution is 2.36. The molecular weight excluding hydrogens is 349 g/mol. The number of carbonyl (C=O) groups excluding carboxylic acids is 1. The molecule has 7 heteroatoms. The van der Waals surface area contributed by atoms with E-state index in [1.807, 2.05) is 25.1 Å². The van der Waals surface area contributed by atoms with Gasteiger partial charge in [0.1, 0.15) is 11.6 Å². The molecule has 1 aliphatic heterocycles. The van der Waals surface area contributed by atoms with Crippen molar-refractivity contribution in [2.24, 2.45) is 0 Å². The van der Waals surface area contributed by atoms with Crippen molar-refractivity contribution < 1.29 is 18.4 Å². The molecule has 1 saturated heterocycles. The lowest BCUT2D eigenvalue weighted by Crippen LogP contribution is -2.25. The summed E-state index contributed by atoms with van der Waals surface area (Å²) in [7, 11) is 1.58. The summed E-state index contributed by atoms with van der Waals surface area (Å²) in [6.07, 6.45) is 0.277. The molecule has 1 aliphatic rings. The molecule has 0 bridgehead atoms. The number of anilines is 1. The van der Waals surface area contributed by atoms with Crippen LogP contribution in [0.2, 0.25) is 0 Å². The van der Waals surface area contributed by atoms with Crippen LogP contribution in [0.1, 0.15) is 23.7 Å². The number of aryl methyl sites for hydroxylation is 1. The number of hydrogen-bond acceptors (Lipinski definition) is 5. The molecule has 1 unspecified atom stereocenters. The zero-order chi connectivity index (χ0) is 19.0. The van der Waals surface area contributed by atoms with Crippen molar-refractivity contribution in [2.75, 3.05) is 18.6 Å². The minimum absolute atomic E-state index is 0.0268. The Hall–Kier alpha value is -3.22. The first-order valence-electron chi connectivity index (χ1n) is 8.59. The second-order valence-electron chi connectivity index (χ2n) is 6.55. The Labute approximate surface area is 155 Å². The van der Waals surface area contributed by atoms with Gasteiger partial charge < -0.3 is 14.2 Å². The second-order valence-corrected chi connectivity index (χ2v) is 6.55. The van der Waals surface area contributed by atoms with Gasteiger partial charge in [0.2, 0.25) is 5.91 Å². The molecule has 6 nitrogen and oxygen atoms in total. The van der Waals surface area contributed by atoms with Crippen LogP contribution in [0.25, 0.3) is 11.5 Å². The van der Waals surface area contributed by atoms with Crippen molar-refractivity contribution in [1.82, 2.24) is 10.1 Å². The lowest BCUT2D eigenvalue weighted by atomic mass is 10.1. The van der Waals surface area contributed by atoms with Gasteiger partial charge in [-0.25, -0.2) is 4.39 Å². The summed E-state index contributed by atoms with van der Waals surface area (Å²) in [5.41, 5.74) is 2.28. The molecule has 1 aromatic heterocycles. The highest BCUT2D eigenvalue weighted by Gasteiger charge is 2.35. The van der Waals surface area contributed by atoms with E-state index in [9.17, 15) is 9.18 Å². The number of nitrogens with zero attached hydrogens (tertiary/aromatic N) is 3. The Bertz CT molecular complexity index is 1000. The van der Waals surface area contributed by atoms with E-state index < -0.39 is 0 Å². The van der Waals surface area contributed by atoms with Crippen LogP contribution in [0.5, 0.6) is 5.75 Å². The molecule has 4 rings (SSSR count). The van der Waals surface area contributed by atoms with Gasteiger partial charge in [-0.05, 0) is 42.8 Å². The molecular formula is C20H18FN3O3. The third-order valence-corrected chi connectivity index (χ3v) is 4.63. The third-order valence-electron chi connectivity index (χ3n) is 4.63. The van der Waals surface area contributed by atoms with Gasteiger partial charge in [-0.3, -0.25) is 4.79 Å². The molecule has 1 fully saturated rings. The van der Waals surface area contributed by atoms with E-state index in [0.717, 1.165) is 11.3 Å². The Balaban J connectivity index is 1.59. The second kappa shape index (κ2) is 6.83. The molecule has 0 radical (unpaired) electrons. The minimum Gasteiger partial charge on any atom is -0.495 e. The zero-order valence-corrected chi connectivity index (χ0v) is 15.0. The predicted molar refractivity (Wildman–Crippen MR) is 97.1 cm³/mol. The normalized spacial score (nSPS) is 16.8. The standard InChI is InChI=1S/C20H18FN3O3/c1-12-6-7-17(26-2)16(8-12)24-11-14(10-18(24)25)19-22-20(27-23-19)13-4-3-5-15(21)9-13/h3-9,14H,10-11H2,1-2H3. The van der Waals surface area contributed by atoms with Gasteiger partial charge in [0, 0.05) is 24.4 Å². The molecule has 0 N–H and O–H groups in total. The van der Waals surface area contributed by atoms with Crippen LogP contribution in [0.15, 0.2) is 47.0 Å². The first-order valence-corrected chi connectivity index (χ1v) is 8.59. The van der Waals surface area contributed by atoms with Crippen LogP contribution in [0, 0.1) is 12.7 Å². The molecule has 0 saturated carbocycles. The largest absolute Gasteiger partial charge is 0.495 e. The smallest absolute Gasteiger partial charge is 0.258 e. The molecule has 2 heterocycles. The molecule has 2 aromatic carbocycles. The Morgan fingerprint density at radius 2 is 2.11 bits per heavy atom. The van der Waals surface area contributed by atoms with Crippen molar-refractivity contribution in [3.05, 3.63) is 59.7 Å². The quantitative estimate of drug-likeness (QED) is 0.703. The number of rotatable bonds is 4. The summed E-state index contributed by atoms with van der Waals surface area (Å²) < 4.78 is 24.1. The summed E-state index contributed by atoms with van der Waals surface area (Å²) >= 11 is 0. The van der Waals surface area contributed by atoms with E-state index in [-0.39, 0.29) is 30.0 Å². The fraction of sp³-hybridized carbons (Fsp3) is 0.250. The van der Waals surface area contributed by atoms with Gasteiger partial charge in [0.05, 0.1) is 12.8 Å². The lowest BCUT2D eigenvalue weighted by Gasteiger charge is -2.19. The van der Waals surface area contributed by atoms with Crippen LogP contribution in [-0.4, -0.2) is 29.7 Å². The van der Waals surface area contributed by atoms with E-state index in [0.29, 0.717) is 23.7 Å². The predicted octanol–water partition coefficient (Wildman–Crippen LogP) is 3.71. The van der Waals surface area contributed by atoms with Gasteiger partial charge in [0.25, 0.3) is 5.89 Å². The zero-order valence-electron chi connectivity index (χ0n) is 15.0. The summed E-state index contributed by atoms with van der Waals surface area (Å²) in [5, 5.41) is 4.01. The van der Waals surface area contributed by atoms with Crippen LogP contribution in [0.3, 0.4) is 0 Å². The number of hydrogen-bond donors (Lipinski definition) is 0. The van der Waals surface area contributed by atoms with E-state index in [1.54, 1.807) is 24.1 Å². The fourth-order valence-corrected chi connectivity index (χ4v) is 3.26. The fourth-order valence-electron chi connectivity index (χ4n) is 3.26. The maximum atomic E-state index is 13.4.